The lowest BCUT2D eigenvalue weighted by Gasteiger charge is -2.15. The van der Waals surface area contributed by atoms with Crippen molar-refractivity contribution in [3.8, 4) is 0 Å². The van der Waals surface area contributed by atoms with Crippen molar-refractivity contribution >= 4 is 92.8 Å². The largest absolute Gasteiger partial charge is 0.219 e. The summed E-state index contributed by atoms with van der Waals surface area (Å²) in [7, 11) is 0. The molecule has 0 unspecified atom stereocenters. The Labute approximate surface area is 115 Å². The number of hydrogen-bond donors (Lipinski definition) is 0. The van der Waals surface area contributed by atoms with E-state index in [9.17, 15) is 0 Å². The fourth-order valence-electron chi connectivity index (χ4n) is 0.409. The average molecular weight is 344 g/mol. The molecule has 0 aliphatic carbocycles. The second-order valence-corrected chi connectivity index (χ2v) is 6.27. The zero-order chi connectivity index (χ0) is 10.8. The molecule has 0 saturated heterocycles. The number of rotatable bonds is 1. The van der Waals surface area contributed by atoms with Gasteiger partial charge in [-0.05, 0) is 0 Å². The molecule has 0 heterocycles. The van der Waals surface area contributed by atoms with E-state index in [1.807, 2.05) is 0 Å². The van der Waals surface area contributed by atoms with E-state index in [-0.39, 0.29) is 19.6 Å². The number of hydrogen-bond acceptors (Lipinski definition) is 0. The third-order valence-corrected chi connectivity index (χ3v) is 2.75. The fourth-order valence-corrected chi connectivity index (χ4v) is 2.41. The zero-order valence-electron chi connectivity index (χ0n) is 5.52. The van der Waals surface area contributed by atoms with Crippen molar-refractivity contribution in [3.63, 3.8) is 0 Å². The zero-order valence-corrected chi connectivity index (χ0v) is 11.6. The van der Waals surface area contributed by atoms with Crippen LogP contribution in [0.2, 0.25) is 0 Å². The summed E-state index contributed by atoms with van der Waals surface area (Å²) in [4.78, 5) is 0. The van der Waals surface area contributed by atoms with Gasteiger partial charge in [-0.25, -0.2) is 0 Å². The highest BCUT2D eigenvalue weighted by Gasteiger charge is 2.32. The van der Waals surface area contributed by atoms with Gasteiger partial charge in [0.15, 0.2) is 0 Å². The maximum absolute atomic E-state index is 5.60. The Bertz CT molecular complexity index is 248. The summed E-state index contributed by atoms with van der Waals surface area (Å²) < 4.78 is -2.49. The number of halogens is 8. The summed E-state index contributed by atoms with van der Waals surface area (Å²) in [5, 5.41) is -0.205. The van der Waals surface area contributed by atoms with Crippen LogP contribution in [0, 0.1) is 0 Å². The van der Waals surface area contributed by atoms with Gasteiger partial charge in [0.1, 0.15) is 8.98 Å². The molecule has 0 bridgehead atoms. The summed E-state index contributed by atoms with van der Waals surface area (Å²) in [6, 6.07) is 0. The Hall–Kier alpha value is 1.80. The minimum atomic E-state index is -1.88. The van der Waals surface area contributed by atoms with Crippen molar-refractivity contribution in [3.05, 3.63) is 19.6 Å². The van der Waals surface area contributed by atoms with Gasteiger partial charge in [0, 0.05) is 0 Å². The molecule has 13 heavy (non-hydrogen) atoms. The number of allylic oxidation sites excluding steroid dienone is 2. The van der Waals surface area contributed by atoms with Gasteiger partial charge in [-0.15, -0.1) is 0 Å². The van der Waals surface area contributed by atoms with Crippen molar-refractivity contribution < 1.29 is 0 Å². The molecule has 0 rings (SSSR count). The minimum absolute atomic E-state index is 0.164. The highest BCUT2D eigenvalue weighted by molar-refractivity contribution is 6.72. The molecule has 0 spiro atoms. The molecule has 0 fully saturated rings. The molecule has 0 aromatic carbocycles. The molecule has 0 radical (unpaired) electrons. The normalized spacial score (nSPS) is 11.1. The first-order valence-corrected chi connectivity index (χ1v) is 5.54. The highest BCUT2D eigenvalue weighted by atomic mass is 35.6. The van der Waals surface area contributed by atoms with E-state index < -0.39 is 3.79 Å². The Morgan fingerprint density at radius 1 is 0.692 bits per heavy atom. The molecule has 0 amide bonds. The van der Waals surface area contributed by atoms with E-state index in [4.69, 9.17) is 92.8 Å². The highest BCUT2D eigenvalue weighted by Crippen LogP contribution is 2.45. The van der Waals surface area contributed by atoms with Crippen molar-refractivity contribution in [1.29, 1.82) is 0 Å². The molecule has 0 aliphatic heterocycles. The lowest BCUT2D eigenvalue weighted by atomic mass is 10.3. The molecular formula is C5Cl8. The van der Waals surface area contributed by atoms with Crippen LogP contribution in [0.25, 0.3) is 0 Å². The smallest absolute Gasteiger partial charge is 0.0812 e. The summed E-state index contributed by atoms with van der Waals surface area (Å²) in [5.41, 5.74) is -0.164. The van der Waals surface area contributed by atoms with Gasteiger partial charge in [-0.1, -0.05) is 92.8 Å². The van der Waals surface area contributed by atoms with Crippen molar-refractivity contribution in [2.45, 2.75) is 3.79 Å². The Kier molecular flexibility index (Phi) is 6.57. The van der Waals surface area contributed by atoms with Gasteiger partial charge in [-0.2, -0.15) is 0 Å². The SMILES string of the molecule is ClC(Cl)=C(Cl)C(=C(Cl)Cl)C(Cl)(Cl)Cl. The van der Waals surface area contributed by atoms with Gasteiger partial charge >= 0.3 is 0 Å². The molecule has 0 aromatic rings. The first-order valence-electron chi connectivity index (χ1n) is 2.51. The summed E-state index contributed by atoms with van der Waals surface area (Å²) in [5.74, 6) is 0. The lowest BCUT2D eigenvalue weighted by Crippen LogP contribution is -2.08. The summed E-state index contributed by atoms with van der Waals surface area (Å²) >= 11 is 43.7. The average Bonchev–Trinajstić information content (AvgIpc) is 1.82. The van der Waals surface area contributed by atoms with Gasteiger partial charge in [-0.3, -0.25) is 0 Å². The third-order valence-electron chi connectivity index (χ3n) is 0.858. The minimum Gasteiger partial charge on any atom is -0.0812 e. The Balaban J connectivity index is 5.37. The first kappa shape index (κ1) is 14.8. The van der Waals surface area contributed by atoms with Crippen LogP contribution in [0.1, 0.15) is 0 Å². The van der Waals surface area contributed by atoms with Crippen LogP contribution in [0.4, 0.5) is 0 Å². The van der Waals surface area contributed by atoms with E-state index in [0.29, 0.717) is 0 Å². The van der Waals surface area contributed by atoms with Crippen molar-refractivity contribution in [2.24, 2.45) is 0 Å². The fraction of sp³-hybridized carbons (Fsp3) is 0.200. The molecular weight excluding hydrogens is 344 g/mol. The number of alkyl halides is 3. The van der Waals surface area contributed by atoms with Crippen LogP contribution in [-0.4, -0.2) is 3.79 Å². The molecule has 0 N–H and O–H groups in total. The van der Waals surface area contributed by atoms with Crippen LogP contribution in [0.3, 0.4) is 0 Å². The standard InChI is InChI=1S/C5Cl8/c6-2(4(9)10)1(3(7)8)5(11,12)13. The van der Waals surface area contributed by atoms with Gasteiger partial charge in [0.2, 0.25) is 3.79 Å². The van der Waals surface area contributed by atoms with Crippen LogP contribution >= 0.6 is 92.8 Å². The molecule has 0 nitrogen and oxygen atoms in total. The van der Waals surface area contributed by atoms with Crippen molar-refractivity contribution in [1.82, 2.24) is 0 Å². The van der Waals surface area contributed by atoms with E-state index in [1.165, 1.54) is 0 Å². The van der Waals surface area contributed by atoms with Crippen molar-refractivity contribution in [2.75, 3.05) is 0 Å². The second kappa shape index (κ2) is 5.77. The maximum atomic E-state index is 5.60. The molecule has 0 aliphatic rings. The quantitative estimate of drug-likeness (QED) is 0.409. The monoisotopic (exact) mass is 340 g/mol. The van der Waals surface area contributed by atoms with E-state index in [0.717, 1.165) is 0 Å². The molecule has 0 atom stereocenters. The van der Waals surface area contributed by atoms with Gasteiger partial charge in [0.25, 0.3) is 0 Å². The van der Waals surface area contributed by atoms with E-state index >= 15 is 0 Å². The lowest BCUT2D eigenvalue weighted by molar-refractivity contribution is 1.32. The first-order chi connectivity index (χ1) is 5.68. The molecule has 8 heteroatoms. The summed E-state index contributed by atoms with van der Waals surface area (Å²) in [6.45, 7) is 0. The van der Waals surface area contributed by atoms with Crippen LogP contribution in [0.15, 0.2) is 19.6 Å². The Morgan fingerprint density at radius 3 is 1.15 bits per heavy atom. The van der Waals surface area contributed by atoms with E-state index in [2.05, 4.69) is 0 Å². The molecule has 0 aromatic heterocycles. The van der Waals surface area contributed by atoms with Gasteiger partial charge in [0.05, 0.1) is 10.6 Å². The van der Waals surface area contributed by atoms with Crippen LogP contribution in [-0.2, 0) is 0 Å². The molecule has 76 valence electrons. The predicted molar refractivity (Wildman–Crippen MR) is 63.6 cm³/mol. The topological polar surface area (TPSA) is 0 Å². The Morgan fingerprint density at radius 2 is 1.08 bits per heavy atom. The third kappa shape index (κ3) is 4.90. The van der Waals surface area contributed by atoms with Crippen LogP contribution < -0.4 is 0 Å². The predicted octanol–water partition coefficient (Wildman–Crippen LogP) is 5.93. The second-order valence-electron chi connectivity index (χ2n) is 1.71. The molecule has 0 saturated carbocycles. The van der Waals surface area contributed by atoms with Crippen LogP contribution in [0.5, 0.6) is 0 Å². The summed E-state index contributed by atoms with van der Waals surface area (Å²) in [6.07, 6.45) is 0. The van der Waals surface area contributed by atoms with Gasteiger partial charge < -0.3 is 0 Å². The van der Waals surface area contributed by atoms with E-state index in [1.54, 1.807) is 0 Å². The maximum Gasteiger partial charge on any atom is 0.219 e.